The highest BCUT2D eigenvalue weighted by Gasteiger charge is 2.02. The monoisotopic (exact) mass is 256 g/mol. The Hall–Kier alpha value is -1.69. The van der Waals surface area contributed by atoms with Crippen LogP contribution in [0.1, 0.15) is 10.4 Å². The summed E-state index contributed by atoms with van der Waals surface area (Å²) >= 11 is 1.27. The summed E-state index contributed by atoms with van der Waals surface area (Å²) in [5.74, 6) is -0.616. The summed E-state index contributed by atoms with van der Waals surface area (Å²) in [6, 6.07) is 6.07. The molecule has 5 nitrogen and oxygen atoms in total. The zero-order chi connectivity index (χ0) is 12.7. The molecule has 0 saturated heterocycles. The average molecular weight is 256 g/mol. The molecule has 0 aromatic heterocycles. The highest BCUT2D eigenvalue weighted by Crippen LogP contribution is 2.12. The van der Waals surface area contributed by atoms with Crippen LogP contribution in [-0.2, 0) is 4.79 Å². The number of carboxylic acid groups (broad SMARTS) is 2. The van der Waals surface area contributed by atoms with E-state index in [1.165, 1.54) is 23.9 Å². The largest absolute Gasteiger partial charge is 0.493 e. The van der Waals surface area contributed by atoms with Crippen LogP contribution >= 0.6 is 11.8 Å². The van der Waals surface area contributed by atoms with E-state index in [1.54, 1.807) is 12.1 Å². The first-order valence-electron chi connectivity index (χ1n) is 4.85. The number of rotatable bonds is 7. The Balaban J connectivity index is 2.27. The minimum atomic E-state index is -0.978. The number of benzene rings is 1. The summed E-state index contributed by atoms with van der Waals surface area (Å²) in [5.41, 5.74) is 0.206. The Morgan fingerprint density at radius 2 is 1.82 bits per heavy atom. The van der Waals surface area contributed by atoms with Gasteiger partial charge in [-0.25, -0.2) is 4.79 Å². The Bertz CT molecular complexity index is 387. The van der Waals surface area contributed by atoms with Crippen LogP contribution in [-0.4, -0.2) is 40.3 Å². The van der Waals surface area contributed by atoms with Crippen LogP contribution in [0.5, 0.6) is 5.75 Å². The molecule has 0 aliphatic rings. The highest BCUT2D eigenvalue weighted by atomic mass is 32.2. The molecule has 0 aliphatic carbocycles. The molecule has 0 atom stereocenters. The van der Waals surface area contributed by atoms with Gasteiger partial charge in [0.1, 0.15) is 5.75 Å². The molecule has 0 heterocycles. The zero-order valence-corrected chi connectivity index (χ0v) is 9.77. The Morgan fingerprint density at radius 3 is 2.35 bits per heavy atom. The van der Waals surface area contributed by atoms with Gasteiger partial charge in [-0.3, -0.25) is 4.79 Å². The maximum atomic E-state index is 10.6. The van der Waals surface area contributed by atoms with Gasteiger partial charge in [0.25, 0.3) is 0 Å². The third kappa shape index (κ3) is 5.26. The molecule has 0 fully saturated rings. The van der Waals surface area contributed by atoms with Crippen LogP contribution in [0.15, 0.2) is 24.3 Å². The van der Waals surface area contributed by atoms with Gasteiger partial charge in [-0.15, -0.1) is 11.8 Å². The van der Waals surface area contributed by atoms with Crippen molar-refractivity contribution in [2.24, 2.45) is 0 Å². The van der Waals surface area contributed by atoms with Crippen LogP contribution in [0, 0.1) is 0 Å². The summed E-state index contributed by atoms with van der Waals surface area (Å²) < 4.78 is 5.32. The average Bonchev–Trinajstić information content (AvgIpc) is 2.29. The van der Waals surface area contributed by atoms with E-state index in [-0.39, 0.29) is 11.3 Å². The quantitative estimate of drug-likeness (QED) is 0.721. The lowest BCUT2D eigenvalue weighted by Crippen LogP contribution is -2.04. The van der Waals surface area contributed by atoms with Crippen LogP contribution in [0.25, 0.3) is 0 Å². The minimum Gasteiger partial charge on any atom is -0.493 e. The normalized spacial score (nSPS) is 9.88. The van der Waals surface area contributed by atoms with E-state index in [1.807, 2.05) is 0 Å². The zero-order valence-electron chi connectivity index (χ0n) is 8.96. The second kappa shape index (κ2) is 6.80. The molecule has 0 saturated carbocycles. The molecule has 0 amide bonds. The molecule has 0 spiro atoms. The number of aromatic carboxylic acids is 1. The highest BCUT2D eigenvalue weighted by molar-refractivity contribution is 7.99. The van der Waals surface area contributed by atoms with Gasteiger partial charge in [0.05, 0.1) is 17.9 Å². The maximum absolute atomic E-state index is 10.6. The van der Waals surface area contributed by atoms with E-state index < -0.39 is 11.9 Å². The number of ether oxygens (including phenoxy) is 1. The van der Waals surface area contributed by atoms with Crippen molar-refractivity contribution < 1.29 is 24.5 Å². The maximum Gasteiger partial charge on any atom is 0.335 e. The standard InChI is InChI=1S/C11H12O5S/c12-10(13)7-17-6-5-16-9-3-1-8(2-4-9)11(14)15/h1-4H,5-7H2,(H,12,13)(H,14,15). The summed E-state index contributed by atoms with van der Waals surface area (Å²) in [7, 11) is 0. The van der Waals surface area contributed by atoms with Crippen molar-refractivity contribution in [2.75, 3.05) is 18.1 Å². The lowest BCUT2D eigenvalue weighted by Gasteiger charge is -2.05. The molecule has 2 N–H and O–H groups in total. The fourth-order valence-corrected chi connectivity index (χ4v) is 1.59. The lowest BCUT2D eigenvalue weighted by molar-refractivity contribution is -0.133. The van der Waals surface area contributed by atoms with Crippen molar-refractivity contribution in [1.82, 2.24) is 0 Å². The fraction of sp³-hybridized carbons (Fsp3) is 0.273. The van der Waals surface area contributed by atoms with Gasteiger partial charge in [-0.2, -0.15) is 0 Å². The van der Waals surface area contributed by atoms with E-state index in [0.717, 1.165) is 0 Å². The molecule has 0 aliphatic heterocycles. The molecular weight excluding hydrogens is 244 g/mol. The number of aliphatic carboxylic acids is 1. The van der Waals surface area contributed by atoms with Crippen LogP contribution < -0.4 is 4.74 Å². The van der Waals surface area contributed by atoms with Gasteiger partial charge >= 0.3 is 11.9 Å². The summed E-state index contributed by atoms with van der Waals surface area (Å²) in [4.78, 5) is 20.8. The van der Waals surface area contributed by atoms with Gasteiger partial charge in [-0.05, 0) is 24.3 Å². The number of carboxylic acids is 2. The molecule has 0 unspecified atom stereocenters. The van der Waals surface area contributed by atoms with Crippen LogP contribution in [0.2, 0.25) is 0 Å². The van der Waals surface area contributed by atoms with Crippen molar-refractivity contribution in [2.45, 2.75) is 0 Å². The molecule has 6 heteroatoms. The molecule has 0 bridgehead atoms. The van der Waals surface area contributed by atoms with E-state index in [4.69, 9.17) is 14.9 Å². The summed E-state index contributed by atoms with van der Waals surface area (Å²) in [6.07, 6.45) is 0. The molecule has 17 heavy (non-hydrogen) atoms. The van der Waals surface area contributed by atoms with Gasteiger partial charge < -0.3 is 14.9 Å². The first-order valence-corrected chi connectivity index (χ1v) is 6.01. The van der Waals surface area contributed by atoms with Gasteiger partial charge in [-0.1, -0.05) is 0 Å². The van der Waals surface area contributed by atoms with Gasteiger partial charge in [0.15, 0.2) is 0 Å². The third-order valence-electron chi connectivity index (χ3n) is 1.82. The Kier molecular flexibility index (Phi) is 5.35. The molecular formula is C11H12O5S. The Morgan fingerprint density at radius 1 is 1.18 bits per heavy atom. The molecule has 1 aromatic rings. The predicted molar refractivity (Wildman–Crippen MR) is 63.9 cm³/mol. The molecule has 92 valence electrons. The van der Waals surface area contributed by atoms with Crippen molar-refractivity contribution in [3.05, 3.63) is 29.8 Å². The van der Waals surface area contributed by atoms with Crippen molar-refractivity contribution in [1.29, 1.82) is 0 Å². The van der Waals surface area contributed by atoms with Gasteiger partial charge in [0.2, 0.25) is 0 Å². The predicted octanol–water partition coefficient (Wildman–Crippen LogP) is 1.58. The Labute approximate surface area is 102 Å². The van der Waals surface area contributed by atoms with E-state index in [0.29, 0.717) is 18.1 Å². The molecule has 0 radical (unpaired) electrons. The van der Waals surface area contributed by atoms with E-state index in [2.05, 4.69) is 0 Å². The second-order valence-corrected chi connectivity index (χ2v) is 4.23. The van der Waals surface area contributed by atoms with E-state index >= 15 is 0 Å². The molecule has 1 aromatic carbocycles. The van der Waals surface area contributed by atoms with Crippen molar-refractivity contribution in [3.63, 3.8) is 0 Å². The first kappa shape index (κ1) is 13.4. The van der Waals surface area contributed by atoms with Crippen LogP contribution in [0.3, 0.4) is 0 Å². The van der Waals surface area contributed by atoms with Crippen molar-refractivity contribution in [3.8, 4) is 5.75 Å². The number of carbonyl (C=O) groups is 2. The van der Waals surface area contributed by atoms with Crippen molar-refractivity contribution >= 4 is 23.7 Å². The van der Waals surface area contributed by atoms with E-state index in [9.17, 15) is 9.59 Å². The van der Waals surface area contributed by atoms with Crippen LogP contribution in [0.4, 0.5) is 0 Å². The second-order valence-electron chi connectivity index (χ2n) is 3.12. The first-order chi connectivity index (χ1) is 8.09. The fourth-order valence-electron chi connectivity index (χ4n) is 1.07. The topological polar surface area (TPSA) is 83.8 Å². The summed E-state index contributed by atoms with van der Waals surface area (Å²) in [6.45, 7) is 0.393. The third-order valence-corrected chi connectivity index (χ3v) is 2.73. The smallest absolute Gasteiger partial charge is 0.335 e. The SMILES string of the molecule is O=C(O)CSCCOc1ccc(C(=O)O)cc1. The molecule has 1 rings (SSSR count). The number of hydrogen-bond acceptors (Lipinski definition) is 4. The van der Waals surface area contributed by atoms with Gasteiger partial charge in [0, 0.05) is 5.75 Å². The lowest BCUT2D eigenvalue weighted by atomic mass is 10.2. The number of hydrogen-bond donors (Lipinski definition) is 2. The number of thioether (sulfide) groups is 1. The summed E-state index contributed by atoms with van der Waals surface area (Å²) in [5, 5.41) is 17.1. The minimum absolute atomic E-state index is 0.0569.